The van der Waals surface area contributed by atoms with Gasteiger partial charge in [0.15, 0.2) is 17.3 Å². The Morgan fingerprint density at radius 3 is 2.26 bits per heavy atom. The van der Waals surface area contributed by atoms with Gasteiger partial charge in [0.2, 0.25) is 0 Å². The zero-order valence-corrected chi connectivity index (χ0v) is 21.5. The van der Waals surface area contributed by atoms with Crippen LogP contribution in [0.5, 0.6) is 11.5 Å². The van der Waals surface area contributed by atoms with Crippen LogP contribution >= 0.6 is 15.9 Å². The summed E-state index contributed by atoms with van der Waals surface area (Å²) >= 11 is 3.36. The lowest BCUT2D eigenvalue weighted by atomic mass is 9.93. The SMILES string of the molecule is COc1ccc(C2C(=C(O)c3ccc(Br)cc3)C(=O)C(=O)N2c2cc(C(C)(C)C)on2)cc1OC. The van der Waals surface area contributed by atoms with E-state index in [2.05, 4.69) is 21.1 Å². The van der Waals surface area contributed by atoms with Crippen molar-refractivity contribution >= 4 is 39.2 Å². The highest BCUT2D eigenvalue weighted by atomic mass is 79.9. The molecule has 1 aromatic heterocycles. The zero-order chi connectivity index (χ0) is 25.5. The maximum atomic E-state index is 13.3. The predicted molar refractivity (Wildman–Crippen MR) is 134 cm³/mol. The summed E-state index contributed by atoms with van der Waals surface area (Å²) in [6.07, 6.45) is 0. The van der Waals surface area contributed by atoms with Crippen LogP contribution in [0.25, 0.3) is 5.76 Å². The first-order chi connectivity index (χ1) is 16.6. The zero-order valence-electron chi connectivity index (χ0n) is 20.0. The molecule has 8 nitrogen and oxygen atoms in total. The molecule has 1 unspecified atom stereocenters. The number of anilines is 1. The van der Waals surface area contributed by atoms with E-state index in [0.29, 0.717) is 28.4 Å². The van der Waals surface area contributed by atoms with Crippen molar-refractivity contribution in [3.8, 4) is 11.5 Å². The van der Waals surface area contributed by atoms with E-state index in [1.54, 1.807) is 48.5 Å². The number of amides is 1. The number of ether oxygens (including phenoxy) is 2. The number of ketones is 1. The summed E-state index contributed by atoms with van der Waals surface area (Å²) in [5.41, 5.74) is 0.493. The van der Waals surface area contributed by atoms with E-state index >= 15 is 0 Å². The molecule has 1 fully saturated rings. The van der Waals surface area contributed by atoms with Crippen LogP contribution in [0.4, 0.5) is 5.82 Å². The molecule has 35 heavy (non-hydrogen) atoms. The van der Waals surface area contributed by atoms with Crippen molar-refractivity contribution in [1.82, 2.24) is 5.16 Å². The van der Waals surface area contributed by atoms with Gasteiger partial charge >= 0.3 is 5.91 Å². The van der Waals surface area contributed by atoms with Gasteiger partial charge in [-0.15, -0.1) is 0 Å². The molecule has 1 amide bonds. The molecule has 1 atom stereocenters. The first-order valence-corrected chi connectivity index (χ1v) is 11.6. The molecule has 3 aromatic rings. The molecule has 182 valence electrons. The molecule has 0 bridgehead atoms. The van der Waals surface area contributed by atoms with E-state index in [4.69, 9.17) is 14.0 Å². The molecule has 4 rings (SSSR count). The Morgan fingerprint density at radius 2 is 1.69 bits per heavy atom. The van der Waals surface area contributed by atoms with Crippen LogP contribution in [0.2, 0.25) is 0 Å². The predicted octanol–water partition coefficient (Wildman–Crippen LogP) is 5.38. The Morgan fingerprint density at radius 1 is 1.03 bits per heavy atom. The van der Waals surface area contributed by atoms with Gasteiger partial charge in [-0.25, -0.2) is 0 Å². The Labute approximate surface area is 211 Å². The van der Waals surface area contributed by atoms with Gasteiger partial charge in [0, 0.05) is 21.5 Å². The third kappa shape index (κ3) is 4.43. The molecule has 1 N–H and O–H groups in total. The van der Waals surface area contributed by atoms with Crippen molar-refractivity contribution in [3.63, 3.8) is 0 Å². The number of Topliss-reactive ketones (excluding diaryl/α,β-unsaturated/α-hetero) is 1. The van der Waals surface area contributed by atoms with Gasteiger partial charge in [-0.05, 0) is 29.8 Å². The van der Waals surface area contributed by atoms with Gasteiger partial charge in [0.05, 0.1) is 25.8 Å². The maximum Gasteiger partial charge on any atom is 0.301 e. The second-order valence-electron chi connectivity index (χ2n) is 9.09. The first kappa shape index (κ1) is 24.5. The van der Waals surface area contributed by atoms with E-state index in [-0.39, 0.29) is 22.6 Å². The van der Waals surface area contributed by atoms with Gasteiger partial charge in [0.1, 0.15) is 11.5 Å². The molecule has 0 spiro atoms. The van der Waals surface area contributed by atoms with Crippen LogP contribution in [0.1, 0.15) is 43.7 Å². The molecular weight excluding hydrogens is 516 g/mol. The fourth-order valence-electron chi connectivity index (χ4n) is 3.90. The molecule has 1 aliphatic rings. The highest BCUT2D eigenvalue weighted by Crippen LogP contribution is 2.44. The number of hydrogen-bond donors (Lipinski definition) is 1. The monoisotopic (exact) mass is 540 g/mol. The van der Waals surface area contributed by atoms with Gasteiger partial charge in [-0.3, -0.25) is 14.5 Å². The second-order valence-corrected chi connectivity index (χ2v) is 10.0. The standard InChI is InChI=1S/C26H25BrN2O6/c1-26(2,3)19-13-20(28-35-19)29-22(15-8-11-17(33-4)18(12-15)34-5)21(24(31)25(29)32)23(30)14-6-9-16(27)10-7-14/h6-13,22,30H,1-5H3. The lowest BCUT2D eigenvalue weighted by Gasteiger charge is -2.23. The number of methoxy groups -OCH3 is 2. The number of nitrogens with zero attached hydrogens (tertiary/aromatic N) is 2. The minimum absolute atomic E-state index is 0.0650. The first-order valence-electron chi connectivity index (χ1n) is 10.8. The quantitative estimate of drug-likeness (QED) is 0.263. The van der Waals surface area contributed by atoms with Crippen LogP contribution in [-0.4, -0.2) is 36.2 Å². The van der Waals surface area contributed by atoms with Crippen molar-refractivity contribution in [2.45, 2.75) is 32.2 Å². The summed E-state index contributed by atoms with van der Waals surface area (Å²) in [6, 6.07) is 12.5. The molecule has 0 aliphatic carbocycles. The molecule has 1 aliphatic heterocycles. The molecule has 2 heterocycles. The summed E-state index contributed by atoms with van der Waals surface area (Å²) in [7, 11) is 3.01. The Bertz CT molecular complexity index is 1320. The fraction of sp³-hybridized carbons (Fsp3) is 0.269. The van der Waals surface area contributed by atoms with E-state index in [1.807, 2.05) is 20.8 Å². The number of carbonyl (C=O) groups is 2. The molecule has 9 heteroatoms. The van der Waals surface area contributed by atoms with Crippen LogP contribution in [0.15, 0.2) is 63.1 Å². The number of benzene rings is 2. The van der Waals surface area contributed by atoms with Crippen molar-refractivity contribution in [1.29, 1.82) is 0 Å². The summed E-state index contributed by atoms with van der Waals surface area (Å²) in [5.74, 6) is -0.326. The Hall–Kier alpha value is -3.59. The number of rotatable bonds is 5. The van der Waals surface area contributed by atoms with E-state index in [1.165, 1.54) is 19.1 Å². The summed E-state index contributed by atoms with van der Waals surface area (Å²) < 4.78 is 17.1. The fourth-order valence-corrected chi connectivity index (χ4v) is 4.17. The van der Waals surface area contributed by atoms with Crippen LogP contribution in [-0.2, 0) is 15.0 Å². The third-order valence-corrected chi connectivity index (χ3v) is 6.30. The summed E-state index contributed by atoms with van der Waals surface area (Å²) in [5, 5.41) is 15.3. The summed E-state index contributed by atoms with van der Waals surface area (Å²) in [6.45, 7) is 5.85. The smallest absolute Gasteiger partial charge is 0.301 e. The average Bonchev–Trinajstić information content (AvgIpc) is 3.42. The van der Waals surface area contributed by atoms with Gasteiger partial charge in [-0.1, -0.05) is 60.1 Å². The normalized spacial score (nSPS) is 17.7. The average molecular weight is 541 g/mol. The minimum atomic E-state index is -0.976. The van der Waals surface area contributed by atoms with Gasteiger partial charge in [-0.2, -0.15) is 0 Å². The highest BCUT2D eigenvalue weighted by Gasteiger charge is 2.48. The van der Waals surface area contributed by atoms with Crippen molar-refractivity contribution < 1.29 is 28.7 Å². The highest BCUT2D eigenvalue weighted by molar-refractivity contribution is 9.10. The molecule has 1 saturated heterocycles. The molecular formula is C26H25BrN2O6. The van der Waals surface area contributed by atoms with Crippen LogP contribution in [0.3, 0.4) is 0 Å². The van der Waals surface area contributed by atoms with Crippen LogP contribution < -0.4 is 14.4 Å². The van der Waals surface area contributed by atoms with Crippen molar-refractivity contribution in [3.05, 3.63) is 75.5 Å². The third-order valence-electron chi connectivity index (χ3n) is 5.77. The topological polar surface area (TPSA) is 102 Å². The number of hydrogen-bond acceptors (Lipinski definition) is 7. The van der Waals surface area contributed by atoms with Gasteiger partial charge < -0.3 is 19.1 Å². The van der Waals surface area contributed by atoms with Crippen LogP contribution in [0, 0.1) is 0 Å². The Kier molecular flexibility index (Phi) is 6.46. The molecule has 0 saturated carbocycles. The largest absolute Gasteiger partial charge is 0.507 e. The second kappa shape index (κ2) is 9.22. The van der Waals surface area contributed by atoms with Gasteiger partial charge in [0.25, 0.3) is 5.78 Å². The van der Waals surface area contributed by atoms with Crippen molar-refractivity contribution in [2.24, 2.45) is 0 Å². The lowest BCUT2D eigenvalue weighted by molar-refractivity contribution is -0.132. The number of aliphatic hydroxyl groups excluding tert-OH is 1. The maximum absolute atomic E-state index is 13.3. The van der Waals surface area contributed by atoms with Crippen molar-refractivity contribution in [2.75, 3.05) is 19.1 Å². The number of carbonyl (C=O) groups excluding carboxylic acids is 2. The Balaban J connectivity index is 1.95. The number of aliphatic hydroxyl groups is 1. The minimum Gasteiger partial charge on any atom is -0.507 e. The number of halogens is 1. The lowest BCUT2D eigenvalue weighted by Crippen LogP contribution is -2.29. The molecule has 2 aromatic carbocycles. The number of aromatic nitrogens is 1. The van der Waals surface area contributed by atoms with E-state index in [0.717, 1.165) is 4.47 Å². The molecule has 0 radical (unpaired) electrons. The van der Waals surface area contributed by atoms with E-state index in [9.17, 15) is 14.7 Å². The van der Waals surface area contributed by atoms with E-state index < -0.39 is 17.7 Å². The summed E-state index contributed by atoms with van der Waals surface area (Å²) in [4.78, 5) is 27.9.